The number of carbonyl (C=O) groups excluding carboxylic acids is 1. The van der Waals surface area contributed by atoms with Crippen LogP contribution in [0.4, 0.5) is 9.93 Å². The Labute approximate surface area is 137 Å². The summed E-state index contributed by atoms with van der Waals surface area (Å²) in [6.45, 7) is 4.17. The van der Waals surface area contributed by atoms with Crippen molar-refractivity contribution in [2.45, 2.75) is 20.0 Å². The SMILES string of the molecule is CCN(C[C@H](C)O)C(=O)Nc1ncc(Oc2ccc(O)nc2)s1. The lowest BCUT2D eigenvalue weighted by Gasteiger charge is -2.21. The highest BCUT2D eigenvalue weighted by Gasteiger charge is 2.15. The molecule has 2 rings (SSSR count). The number of urea groups is 1. The van der Waals surface area contributed by atoms with Gasteiger partial charge in [0.05, 0.1) is 18.5 Å². The second kappa shape index (κ2) is 7.75. The van der Waals surface area contributed by atoms with E-state index in [9.17, 15) is 9.90 Å². The molecule has 8 nitrogen and oxygen atoms in total. The zero-order valence-electron chi connectivity index (χ0n) is 12.8. The van der Waals surface area contributed by atoms with Crippen molar-refractivity contribution in [2.75, 3.05) is 18.4 Å². The molecule has 0 bridgehead atoms. The van der Waals surface area contributed by atoms with E-state index in [0.717, 1.165) is 11.3 Å². The third-order valence-electron chi connectivity index (χ3n) is 2.79. The molecule has 2 aromatic heterocycles. The number of aliphatic hydroxyl groups excluding tert-OH is 1. The molecule has 9 heteroatoms. The highest BCUT2D eigenvalue weighted by molar-refractivity contribution is 7.17. The summed E-state index contributed by atoms with van der Waals surface area (Å²) in [7, 11) is 0. The Morgan fingerprint density at radius 3 is 2.83 bits per heavy atom. The Kier molecular flexibility index (Phi) is 5.72. The van der Waals surface area contributed by atoms with Gasteiger partial charge in [-0.1, -0.05) is 11.3 Å². The van der Waals surface area contributed by atoms with Crippen LogP contribution >= 0.6 is 11.3 Å². The summed E-state index contributed by atoms with van der Waals surface area (Å²) < 4.78 is 5.52. The molecule has 2 aromatic rings. The van der Waals surface area contributed by atoms with Gasteiger partial charge in [-0.2, -0.15) is 0 Å². The Bertz CT molecular complexity index is 644. The largest absolute Gasteiger partial charge is 0.493 e. The van der Waals surface area contributed by atoms with Gasteiger partial charge in [-0.05, 0) is 19.9 Å². The van der Waals surface area contributed by atoms with E-state index < -0.39 is 6.10 Å². The molecule has 1 atom stereocenters. The molecule has 0 unspecified atom stereocenters. The maximum Gasteiger partial charge on any atom is 0.323 e. The number of likely N-dealkylation sites (N-methyl/N-ethyl adjacent to an activating group) is 1. The molecule has 0 aliphatic heterocycles. The fourth-order valence-electron chi connectivity index (χ4n) is 1.76. The highest BCUT2D eigenvalue weighted by atomic mass is 32.1. The molecule has 2 amide bonds. The summed E-state index contributed by atoms with van der Waals surface area (Å²) in [4.78, 5) is 21.3. The number of hydrogen-bond acceptors (Lipinski definition) is 7. The van der Waals surface area contributed by atoms with Gasteiger partial charge in [-0.25, -0.2) is 14.8 Å². The van der Waals surface area contributed by atoms with Crippen LogP contribution in [-0.4, -0.2) is 50.3 Å². The maximum atomic E-state index is 12.1. The van der Waals surface area contributed by atoms with Crippen molar-refractivity contribution in [3.8, 4) is 16.7 Å². The molecule has 2 heterocycles. The second-order valence-electron chi connectivity index (χ2n) is 4.76. The van der Waals surface area contributed by atoms with Crippen molar-refractivity contribution >= 4 is 22.5 Å². The molecule has 23 heavy (non-hydrogen) atoms. The van der Waals surface area contributed by atoms with Crippen LogP contribution in [0.1, 0.15) is 13.8 Å². The number of amides is 2. The summed E-state index contributed by atoms with van der Waals surface area (Å²) in [5.74, 6) is 0.362. The summed E-state index contributed by atoms with van der Waals surface area (Å²) in [5, 5.41) is 22.0. The Balaban J connectivity index is 1.96. The van der Waals surface area contributed by atoms with E-state index in [2.05, 4.69) is 15.3 Å². The van der Waals surface area contributed by atoms with Crippen LogP contribution < -0.4 is 10.1 Å². The van der Waals surface area contributed by atoms with Crippen LogP contribution in [0.15, 0.2) is 24.5 Å². The van der Waals surface area contributed by atoms with Crippen molar-refractivity contribution < 1.29 is 19.7 Å². The van der Waals surface area contributed by atoms with E-state index in [1.807, 2.05) is 6.92 Å². The molecular weight excluding hydrogens is 320 g/mol. The number of nitrogens with zero attached hydrogens (tertiary/aromatic N) is 3. The number of hydrogen-bond donors (Lipinski definition) is 3. The van der Waals surface area contributed by atoms with E-state index in [4.69, 9.17) is 9.84 Å². The van der Waals surface area contributed by atoms with Crippen LogP contribution in [0, 0.1) is 0 Å². The molecule has 0 aromatic carbocycles. The van der Waals surface area contributed by atoms with Crippen LogP contribution in [0.5, 0.6) is 16.7 Å². The molecule has 0 aliphatic rings. The number of rotatable bonds is 6. The number of nitrogens with one attached hydrogen (secondary N) is 1. The number of thiazole rings is 1. The maximum absolute atomic E-state index is 12.1. The van der Waals surface area contributed by atoms with Gasteiger partial charge in [0.25, 0.3) is 0 Å². The van der Waals surface area contributed by atoms with E-state index >= 15 is 0 Å². The topological polar surface area (TPSA) is 108 Å². The molecule has 0 fully saturated rings. The lowest BCUT2D eigenvalue weighted by molar-refractivity contribution is 0.141. The van der Waals surface area contributed by atoms with Crippen LogP contribution in [0.25, 0.3) is 0 Å². The predicted molar refractivity (Wildman–Crippen MR) is 86.0 cm³/mol. The van der Waals surface area contributed by atoms with E-state index in [-0.39, 0.29) is 18.5 Å². The number of anilines is 1. The van der Waals surface area contributed by atoms with Crippen molar-refractivity contribution in [3.05, 3.63) is 24.5 Å². The molecular formula is C14H18N4O4S. The number of pyridine rings is 1. The first-order valence-corrected chi connectivity index (χ1v) is 7.82. The minimum atomic E-state index is -0.599. The molecule has 0 saturated carbocycles. The van der Waals surface area contributed by atoms with E-state index in [1.54, 1.807) is 13.0 Å². The fourth-order valence-corrected chi connectivity index (χ4v) is 2.44. The molecule has 0 aliphatic carbocycles. The van der Waals surface area contributed by atoms with Gasteiger partial charge in [0.15, 0.2) is 5.13 Å². The Morgan fingerprint density at radius 1 is 1.43 bits per heavy atom. The summed E-state index contributed by atoms with van der Waals surface area (Å²) in [6, 6.07) is 2.65. The number of aliphatic hydroxyl groups is 1. The van der Waals surface area contributed by atoms with Crippen molar-refractivity contribution in [1.82, 2.24) is 14.9 Å². The zero-order valence-corrected chi connectivity index (χ0v) is 13.6. The first-order chi connectivity index (χ1) is 11.0. The molecule has 0 spiro atoms. The van der Waals surface area contributed by atoms with Gasteiger partial charge >= 0.3 is 6.03 Å². The summed E-state index contributed by atoms with van der Waals surface area (Å²) in [6.07, 6.45) is 2.27. The zero-order chi connectivity index (χ0) is 16.8. The van der Waals surface area contributed by atoms with Gasteiger partial charge in [0, 0.05) is 19.2 Å². The normalized spacial score (nSPS) is 11.8. The lowest BCUT2D eigenvalue weighted by Crippen LogP contribution is -2.39. The van der Waals surface area contributed by atoms with Crippen LogP contribution in [-0.2, 0) is 0 Å². The van der Waals surface area contributed by atoms with Gasteiger partial charge < -0.3 is 19.8 Å². The van der Waals surface area contributed by atoms with E-state index in [0.29, 0.717) is 22.5 Å². The summed E-state index contributed by atoms with van der Waals surface area (Å²) in [5.41, 5.74) is 0. The number of aromatic nitrogens is 2. The molecule has 0 saturated heterocycles. The lowest BCUT2D eigenvalue weighted by atomic mass is 10.4. The fraction of sp³-hybridized carbons (Fsp3) is 0.357. The third kappa shape index (κ3) is 5.08. The quantitative estimate of drug-likeness (QED) is 0.746. The molecule has 3 N–H and O–H groups in total. The Hall–Kier alpha value is -2.39. The van der Waals surface area contributed by atoms with Crippen molar-refractivity contribution in [3.63, 3.8) is 0 Å². The Morgan fingerprint density at radius 2 is 2.22 bits per heavy atom. The van der Waals surface area contributed by atoms with Gasteiger partial charge in [-0.15, -0.1) is 0 Å². The predicted octanol–water partition coefficient (Wildman–Crippen LogP) is 2.27. The number of ether oxygens (including phenoxy) is 1. The van der Waals surface area contributed by atoms with Crippen molar-refractivity contribution in [1.29, 1.82) is 0 Å². The smallest absolute Gasteiger partial charge is 0.323 e. The first kappa shape index (κ1) is 17.0. The minimum Gasteiger partial charge on any atom is -0.493 e. The van der Waals surface area contributed by atoms with Gasteiger partial charge in [0.2, 0.25) is 10.9 Å². The second-order valence-corrected chi connectivity index (χ2v) is 5.75. The number of aromatic hydroxyl groups is 1. The van der Waals surface area contributed by atoms with Crippen LogP contribution in [0.2, 0.25) is 0 Å². The van der Waals surface area contributed by atoms with E-state index in [1.165, 1.54) is 23.4 Å². The molecule has 0 radical (unpaired) electrons. The summed E-state index contributed by atoms with van der Waals surface area (Å²) >= 11 is 1.16. The first-order valence-electron chi connectivity index (χ1n) is 7.00. The molecule has 124 valence electrons. The van der Waals surface area contributed by atoms with Gasteiger partial charge in [-0.3, -0.25) is 5.32 Å². The minimum absolute atomic E-state index is 0.0904. The standard InChI is InChI=1S/C14H18N4O4S/c1-3-18(8-9(2)19)14(21)17-13-16-7-12(23-13)22-10-4-5-11(20)15-6-10/h4-7,9,19H,3,8H2,1-2H3,(H,15,20)(H,16,17,21)/t9-/m0/s1. The average molecular weight is 338 g/mol. The van der Waals surface area contributed by atoms with Crippen molar-refractivity contribution in [2.24, 2.45) is 0 Å². The highest BCUT2D eigenvalue weighted by Crippen LogP contribution is 2.30. The van der Waals surface area contributed by atoms with Gasteiger partial charge in [0.1, 0.15) is 5.75 Å². The third-order valence-corrected chi connectivity index (χ3v) is 3.58. The van der Waals surface area contributed by atoms with Crippen LogP contribution in [0.3, 0.4) is 0 Å². The average Bonchev–Trinajstić information content (AvgIpc) is 2.94. The monoisotopic (exact) mass is 338 g/mol. The number of carbonyl (C=O) groups is 1.